The lowest BCUT2D eigenvalue weighted by Gasteiger charge is -2.12. The molecule has 192 valence electrons. The van der Waals surface area contributed by atoms with E-state index in [1.807, 2.05) is 19.1 Å². The quantitative estimate of drug-likeness (QED) is 0.190. The fraction of sp³-hybridized carbons (Fsp3) is 0.250. The van der Waals surface area contributed by atoms with Crippen molar-refractivity contribution in [1.82, 2.24) is 0 Å². The fourth-order valence-electron chi connectivity index (χ4n) is 4.07. The maximum absolute atomic E-state index is 14.9. The van der Waals surface area contributed by atoms with Crippen LogP contribution < -0.4 is 9.47 Å². The number of halogens is 3. The zero-order valence-electron chi connectivity index (χ0n) is 21.2. The van der Waals surface area contributed by atoms with Gasteiger partial charge in [-0.3, -0.25) is 0 Å². The molecule has 0 unspecified atom stereocenters. The van der Waals surface area contributed by atoms with Gasteiger partial charge in [-0.05, 0) is 48.7 Å². The minimum absolute atomic E-state index is 0.0379. The zero-order valence-corrected chi connectivity index (χ0v) is 21.2. The average Bonchev–Trinajstić information content (AvgIpc) is 2.91. The van der Waals surface area contributed by atoms with E-state index in [9.17, 15) is 13.2 Å². The maximum Gasteiger partial charge on any atom is 0.167 e. The Hall–Kier alpha value is -3.73. The highest BCUT2D eigenvalue weighted by Gasteiger charge is 2.16. The third-order valence-corrected chi connectivity index (χ3v) is 6.30. The summed E-state index contributed by atoms with van der Waals surface area (Å²) in [6, 6.07) is 21.8. The SMILES string of the molecule is CCCCCCOc1ccc(COc2ccc(-c3ccc(-c4ccc(C)cc4)c(F)c3F)cc2)c(F)c1. The van der Waals surface area contributed by atoms with Crippen molar-refractivity contribution in [2.75, 3.05) is 6.61 Å². The van der Waals surface area contributed by atoms with Crippen LogP contribution in [0.3, 0.4) is 0 Å². The molecule has 0 saturated heterocycles. The van der Waals surface area contributed by atoms with Gasteiger partial charge in [-0.15, -0.1) is 0 Å². The highest BCUT2D eigenvalue weighted by atomic mass is 19.2. The number of hydrogen-bond acceptors (Lipinski definition) is 2. The lowest BCUT2D eigenvalue weighted by molar-refractivity contribution is 0.293. The Morgan fingerprint density at radius 1 is 0.622 bits per heavy atom. The van der Waals surface area contributed by atoms with Crippen molar-refractivity contribution in [3.8, 4) is 33.8 Å². The van der Waals surface area contributed by atoms with Crippen LogP contribution in [0.15, 0.2) is 78.9 Å². The summed E-state index contributed by atoms with van der Waals surface area (Å²) in [6.07, 6.45) is 4.37. The van der Waals surface area contributed by atoms with E-state index in [2.05, 4.69) is 6.92 Å². The van der Waals surface area contributed by atoms with Crippen LogP contribution in [0.1, 0.15) is 43.7 Å². The summed E-state index contributed by atoms with van der Waals surface area (Å²) in [5.74, 6) is -1.18. The number of aryl methyl sites for hydroxylation is 1. The topological polar surface area (TPSA) is 18.5 Å². The summed E-state index contributed by atoms with van der Waals surface area (Å²) >= 11 is 0. The molecule has 0 fully saturated rings. The van der Waals surface area contributed by atoms with E-state index >= 15 is 0 Å². The van der Waals surface area contributed by atoms with Crippen molar-refractivity contribution in [2.24, 2.45) is 0 Å². The molecule has 0 aliphatic carbocycles. The fourth-order valence-corrected chi connectivity index (χ4v) is 4.07. The van der Waals surface area contributed by atoms with Crippen LogP contribution in [0.4, 0.5) is 13.2 Å². The van der Waals surface area contributed by atoms with Gasteiger partial charge in [-0.25, -0.2) is 13.2 Å². The molecule has 0 spiro atoms. The van der Waals surface area contributed by atoms with Crippen molar-refractivity contribution < 1.29 is 22.6 Å². The standard InChI is InChI=1S/C32H31F3O2/c1-3-4-5-6-19-36-27-16-13-25(30(33)20-27)21-37-26-14-11-24(12-15-26)29-18-17-28(31(34)32(29)35)23-9-7-22(2)8-10-23/h7-18,20H,3-6,19,21H2,1-2H3. The first-order chi connectivity index (χ1) is 18.0. The molecule has 4 rings (SSSR count). The molecule has 0 saturated carbocycles. The molecule has 4 aromatic rings. The summed E-state index contributed by atoms with van der Waals surface area (Å²) in [5.41, 5.74) is 2.97. The third kappa shape index (κ3) is 6.73. The second kappa shape index (κ2) is 12.5. The van der Waals surface area contributed by atoms with Gasteiger partial charge in [-0.2, -0.15) is 0 Å². The van der Waals surface area contributed by atoms with E-state index in [1.165, 1.54) is 12.5 Å². The van der Waals surface area contributed by atoms with Crippen LogP contribution in [0.25, 0.3) is 22.3 Å². The second-order valence-electron chi connectivity index (χ2n) is 9.13. The average molecular weight is 505 g/mol. The van der Waals surface area contributed by atoms with Gasteiger partial charge in [-0.1, -0.05) is 80.3 Å². The van der Waals surface area contributed by atoms with Crippen LogP contribution in [0.5, 0.6) is 11.5 Å². The molecule has 0 aromatic heterocycles. The maximum atomic E-state index is 14.9. The molecule has 5 heteroatoms. The van der Waals surface area contributed by atoms with Crippen molar-refractivity contribution in [1.29, 1.82) is 0 Å². The number of ether oxygens (including phenoxy) is 2. The summed E-state index contributed by atoms with van der Waals surface area (Å²) in [5, 5.41) is 0. The summed E-state index contributed by atoms with van der Waals surface area (Å²) < 4.78 is 55.6. The van der Waals surface area contributed by atoms with Gasteiger partial charge >= 0.3 is 0 Å². The Balaban J connectivity index is 1.38. The molecule has 4 aromatic carbocycles. The van der Waals surface area contributed by atoms with Crippen LogP contribution in [-0.2, 0) is 6.61 Å². The van der Waals surface area contributed by atoms with Gasteiger partial charge in [0.2, 0.25) is 0 Å². The van der Waals surface area contributed by atoms with Gasteiger partial charge in [0.05, 0.1) is 6.61 Å². The number of unbranched alkanes of at least 4 members (excludes halogenated alkanes) is 3. The van der Waals surface area contributed by atoms with Crippen molar-refractivity contribution >= 4 is 0 Å². The predicted molar refractivity (Wildman–Crippen MR) is 142 cm³/mol. The third-order valence-electron chi connectivity index (χ3n) is 6.30. The Kier molecular flexibility index (Phi) is 8.89. The summed E-state index contributed by atoms with van der Waals surface area (Å²) in [4.78, 5) is 0. The minimum Gasteiger partial charge on any atom is -0.493 e. The Bertz CT molecular complexity index is 1320. The molecule has 0 atom stereocenters. The van der Waals surface area contributed by atoms with E-state index in [4.69, 9.17) is 9.47 Å². The monoisotopic (exact) mass is 504 g/mol. The van der Waals surface area contributed by atoms with E-state index < -0.39 is 17.5 Å². The van der Waals surface area contributed by atoms with Gasteiger partial charge in [0.25, 0.3) is 0 Å². The molecule has 37 heavy (non-hydrogen) atoms. The molecular weight excluding hydrogens is 473 g/mol. The number of hydrogen-bond donors (Lipinski definition) is 0. The van der Waals surface area contributed by atoms with Gasteiger partial charge in [0, 0.05) is 22.8 Å². The van der Waals surface area contributed by atoms with E-state index in [0.717, 1.165) is 24.8 Å². The first kappa shape index (κ1) is 26.3. The number of rotatable bonds is 11. The molecule has 2 nitrogen and oxygen atoms in total. The lowest BCUT2D eigenvalue weighted by atomic mass is 9.98. The van der Waals surface area contributed by atoms with E-state index in [1.54, 1.807) is 60.7 Å². The van der Waals surface area contributed by atoms with Gasteiger partial charge in [0.1, 0.15) is 23.9 Å². The largest absolute Gasteiger partial charge is 0.493 e. The second-order valence-corrected chi connectivity index (χ2v) is 9.13. The van der Waals surface area contributed by atoms with Crippen molar-refractivity contribution in [3.05, 3.63) is 107 Å². The van der Waals surface area contributed by atoms with Crippen LogP contribution >= 0.6 is 0 Å². The normalized spacial score (nSPS) is 10.9. The highest BCUT2D eigenvalue weighted by Crippen LogP contribution is 2.32. The smallest absolute Gasteiger partial charge is 0.167 e. The summed E-state index contributed by atoms with van der Waals surface area (Å²) in [7, 11) is 0. The zero-order chi connectivity index (χ0) is 26.2. The lowest BCUT2D eigenvalue weighted by Crippen LogP contribution is -2.01. The molecular formula is C32H31F3O2. The Morgan fingerprint density at radius 2 is 1.22 bits per heavy atom. The molecule has 0 aliphatic rings. The molecule has 0 aliphatic heterocycles. The van der Waals surface area contributed by atoms with Gasteiger partial charge in [0.15, 0.2) is 11.6 Å². The summed E-state index contributed by atoms with van der Waals surface area (Å²) in [6.45, 7) is 4.70. The van der Waals surface area contributed by atoms with Crippen molar-refractivity contribution in [3.63, 3.8) is 0 Å². The van der Waals surface area contributed by atoms with E-state index in [0.29, 0.717) is 34.8 Å². The Labute approximate surface area is 216 Å². The highest BCUT2D eigenvalue weighted by molar-refractivity contribution is 5.72. The molecule has 0 N–H and O–H groups in total. The van der Waals surface area contributed by atoms with Crippen LogP contribution in [0, 0.1) is 24.4 Å². The molecule has 0 radical (unpaired) electrons. The van der Waals surface area contributed by atoms with Crippen LogP contribution in [-0.4, -0.2) is 6.61 Å². The van der Waals surface area contributed by atoms with E-state index in [-0.39, 0.29) is 17.7 Å². The molecule has 0 amide bonds. The first-order valence-electron chi connectivity index (χ1n) is 12.7. The van der Waals surface area contributed by atoms with Gasteiger partial charge < -0.3 is 9.47 Å². The number of benzene rings is 4. The van der Waals surface area contributed by atoms with Crippen LogP contribution in [0.2, 0.25) is 0 Å². The Morgan fingerprint density at radius 3 is 1.81 bits per heavy atom. The minimum atomic E-state index is -0.901. The van der Waals surface area contributed by atoms with Crippen molar-refractivity contribution in [2.45, 2.75) is 46.1 Å². The first-order valence-corrected chi connectivity index (χ1v) is 12.7. The molecule has 0 bridgehead atoms. The molecule has 0 heterocycles. The predicted octanol–water partition coefficient (Wildman–Crippen LogP) is 9.28.